The summed E-state index contributed by atoms with van der Waals surface area (Å²) in [5.74, 6) is -1.17. The highest BCUT2D eigenvalue weighted by Gasteiger charge is 2.23. The minimum atomic E-state index is -0.696. The van der Waals surface area contributed by atoms with Gasteiger partial charge in [-0.25, -0.2) is 13.8 Å². The Bertz CT molecular complexity index is 1220. The van der Waals surface area contributed by atoms with Gasteiger partial charge in [0.05, 0.1) is 22.9 Å². The van der Waals surface area contributed by atoms with Crippen LogP contribution in [0.25, 0.3) is 22.5 Å². The molecule has 0 spiro atoms. The van der Waals surface area contributed by atoms with E-state index < -0.39 is 11.6 Å². The maximum Gasteiger partial charge on any atom is 0.254 e. The molecule has 8 heteroatoms. The molecule has 0 atom stereocenters. The summed E-state index contributed by atoms with van der Waals surface area (Å²) in [6, 6.07) is 8.44. The molecular formula is C21H18F2N4O2. The van der Waals surface area contributed by atoms with Crippen molar-refractivity contribution < 1.29 is 18.0 Å². The third-order valence-electron chi connectivity index (χ3n) is 4.74. The molecule has 0 N–H and O–H groups in total. The molecule has 4 aromatic rings. The van der Waals surface area contributed by atoms with Crippen molar-refractivity contribution in [2.75, 3.05) is 7.05 Å². The van der Waals surface area contributed by atoms with Crippen molar-refractivity contribution in [2.45, 2.75) is 13.5 Å². The van der Waals surface area contributed by atoms with Crippen molar-refractivity contribution in [1.29, 1.82) is 0 Å². The van der Waals surface area contributed by atoms with Gasteiger partial charge in [0.1, 0.15) is 17.3 Å². The number of hydrogen-bond acceptors (Lipinski definition) is 4. The number of amides is 1. The number of carbonyl (C=O) groups excluding carboxylic acids is 1. The van der Waals surface area contributed by atoms with Gasteiger partial charge < -0.3 is 9.32 Å². The van der Waals surface area contributed by atoms with Crippen LogP contribution in [0.5, 0.6) is 0 Å². The smallest absolute Gasteiger partial charge is 0.254 e. The second-order valence-electron chi connectivity index (χ2n) is 6.84. The molecule has 1 aromatic carbocycles. The monoisotopic (exact) mass is 396 g/mol. The summed E-state index contributed by atoms with van der Waals surface area (Å²) in [4.78, 5) is 19.2. The minimum Gasteiger partial charge on any atom is -0.463 e. The first-order chi connectivity index (χ1) is 13.8. The molecule has 0 aliphatic heterocycles. The molecule has 0 aliphatic carbocycles. The topological polar surface area (TPSA) is 64.2 Å². The number of benzene rings is 1. The van der Waals surface area contributed by atoms with Crippen LogP contribution in [-0.4, -0.2) is 32.6 Å². The third-order valence-corrected chi connectivity index (χ3v) is 4.74. The zero-order valence-corrected chi connectivity index (χ0v) is 16.1. The highest BCUT2D eigenvalue weighted by molar-refractivity contribution is 6.07. The normalized spacial score (nSPS) is 11.2. The van der Waals surface area contributed by atoms with E-state index in [0.29, 0.717) is 33.7 Å². The molecule has 0 saturated heterocycles. The lowest BCUT2D eigenvalue weighted by atomic mass is 10.1. The van der Waals surface area contributed by atoms with E-state index in [0.717, 1.165) is 6.07 Å². The van der Waals surface area contributed by atoms with Crippen molar-refractivity contribution in [3.05, 3.63) is 71.1 Å². The molecule has 0 radical (unpaired) electrons. The number of hydrogen-bond donors (Lipinski definition) is 0. The average Bonchev–Trinajstić information content (AvgIpc) is 3.31. The maximum absolute atomic E-state index is 14.0. The summed E-state index contributed by atoms with van der Waals surface area (Å²) >= 11 is 0. The maximum atomic E-state index is 14.0. The second kappa shape index (κ2) is 7.12. The number of carbonyl (C=O) groups is 1. The van der Waals surface area contributed by atoms with Crippen LogP contribution in [0.1, 0.15) is 21.6 Å². The Kier molecular flexibility index (Phi) is 4.62. The molecule has 0 bridgehead atoms. The van der Waals surface area contributed by atoms with Gasteiger partial charge in [-0.15, -0.1) is 0 Å². The lowest BCUT2D eigenvalue weighted by molar-refractivity contribution is 0.0785. The summed E-state index contributed by atoms with van der Waals surface area (Å²) < 4.78 is 34.2. The number of aryl methyl sites for hydroxylation is 2. The number of nitrogens with zero attached hydrogens (tertiary/aromatic N) is 4. The number of halogens is 2. The molecule has 0 fully saturated rings. The van der Waals surface area contributed by atoms with E-state index in [2.05, 4.69) is 10.1 Å². The molecule has 6 nitrogen and oxygen atoms in total. The van der Waals surface area contributed by atoms with Gasteiger partial charge in [0, 0.05) is 32.3 Å². The summed E-state index contributed by atoms with van der Waals surface area (Å²) in [6.45, 7) is 1.79. The highest BCUT2D eigenvalue weighted by Crippen LogP contribution is 2.28. The van der Waals surface area contributed by atoms with Gasteiger partial charge in [-0.3, -0.25) is 9.48 Å². The zero-order chi connectivity index (χ0) is 20.7. The first-order valence-electron chi connectivity index (χ1n) is 8.92. The molecule has 0 unspecified atom stereocenters. The van der Waals surface area contributed by atoms with Crippen molar-refractivity contribution in [3.63, 3.8) is 0 Å². The fraction of sp³-hybridized carbons (Fsp3) is 0.190. The molecule has 3 heterocycles. The van der Waals surface area contributed by atoms with Crippen molar-refractivity contribution in [3.8, 4) is 11.5 Å². The van der Waals surface area contributed by atoms with Gasteiger partial charge in [0.2, 0.25) is 0 Å². The van der Waals surface area contributed by atoms with Crippen LogP contribution in [0, 0.1) is 18.6 Å². The van der Waals surface area contributed by atoms with Crippen LogP contribution in [0.15, 0.2) is 47.1 Å². The molecule has 148 valence electrons. The molecule has 3 aromatic heterocycles. The van der Waals surface area contributed by atoms with Crippen molar-refractivity contribution >= 4 is 16.9 Å². The van der Waals surface area contributed by atoms with Gasteiger partial charge in [0.25, 0.3) is 5.91 Å². The quantitative estimate of drug-likeness (QED) is 0.521. The standard InChI is InChI=1S/C21H18F2N4O2/c1-12-19-15(21(28)26(2)11-13-6-7-14(22)9-16(13)23)10-17(18-5-4-8-29-18)24-20(19)27(3)25-12/h4-10H,11H2,1-3H3. The van der Waals surface area contributed by atoms with E-state index in [9.17, 15) is 13.6 Å². The first-order valence-corrected chi connectivity index (χ1v) is 8.92. The first kappa shape index (κ1) is 18.8. The molecule has 0 saturated carbocycles. The van der Waals surface area contributed by atoms with E-state index in [4.69, 9.17) is 4.42 Å². The van der Waals surface area contributed by atoms with Crippen LogP contribution < -0.4 is 0 Å². The number of furan rings is 1. The number of rotatable bonds is 4. The molecule has 1 amide bonds. The van der Waals surface area contributed by atoms with E-state index >= 15 is 0 Å². The minimum absolute atomic E-state index is 0.00976. The fourth-order valence-corrected chi connectivity index (χ4v) is 3.35. The Morgan fingerprint density at radius 2 is 2.03 bits per heavy atom. The van der Waals surface area contributed by atoms with Gasteiger partial charge in [-0.1, -0.05) is 6.07 Å². The Morgan fingerprint density at radius 1 is 1.24 bits per heavy atom. The highest BCUT2D eigenvalue weighted by atomic mass is 19.1. The lowest BCUT2D eigenvalue weighted by Crippen LogP contribution is -2.27. The Labute approximate surface area is 165 Å². The molecule has 29 heavy (non-hydrogen) atoms. The molecule has 0 aliphatic rings. The van der Waals surface area contributed by atoms with E-state index in [1.165, 1.54) is 23.3 Å². The summed E-state index contributed by atoms with van der Waals surface area (Å²) in [5, 5.41) is 5.00. The Balaban J connectivity index is 1.78. The molecular weight excluding hydrogens is 378 g/mol. The number of aromatic nitrogens is 3. The molecule has 4 rings (SSSR count). The van der Waals surface area contributed by atoms with Crippen LogP contribution in [0.2, 0.25) is 0 Å². The van der Waals surface area contributed by atoms with Gasteiger partial charge in [-0.2, -0.15) is 5.10 Å². The SMILES string of the molecule is Cc1nn(C)c2nc(-c3ccco3)cc(C(=O)N(C)Cc3ccc(F)cc3F)c12. The predicted octanol–water partition coefficient (Wildman–Crippen LogP) is 4.09. The Hall–Kier alpha value is -3.55. The number of pyridine rings is 1. The zero-order valence-electron chi connectivity index (χ0n) is 16.1. The number of fused-ring (bicyclic) bond motifs is 1. The van der Waals surface area contributed by atoms with Crippen LogP contribution >= 0.6 is 0 Å². The van der Waals surface area contributed by atoms with Crippen molar-refractivity contribution in [2.24, 2.45) is 7.05 Å². The summed E-state index contributed by atoms with van der Waals surface area (Å²) in [7, 11) is 3.32. The van der Waals surface area contributed by atoms with Crippen LogP contribution in [0.3, 0.4) is 0 Å². The van der Waals surface area contributed by atoms with E-state index in [1.807, 2.05) is 0 Å². The third kappa shape index (κ3) is 3.37. The van der Waals surface area contributed by atoms with E-state index in [1.54, 1.807) is 43.9 Å². The van der Waals surface area contributed by atoms with Crippen LogP contribution in [-0.2, 0) is 13.6 Å². The summed E-state index contributed by atoms with van der Waals surface area (Å²) in [5.41, 5.74) is 2.31. The predicted molar refractivity (Wildman–Crippen MR) is 103 cm³/mol. The average molecular weight is 396 g/mol. The van der Waals surface area contributed by atoms with Crippen molar-refractivity contribution in [1.82, 2.24) is 19.7 Å². The lowest BCUT2D eigenvalue weighted by Gasteiger charge is -2.19. The van der Waals surface area contributed by atoms with E-state index in [-0.39, 0.29) is 18.0 Å². The second-order valence-corrected chi connectivity index (χ2v) is 6.84. The van der Waals surface area contributed by atoms with Gasteiger partial charge >= 0.3 is 0 Å². The van der Waals surface area contributed by atoms with Gasteiger partial charge in [0.15, 0.2) is 11.4 Å². The van der Waals surface area contributed by atoms with Crippen LogP contribution in [0.4, 0.5) is 8.78 Å². The van der Waals surface area contributed by atoms with Gasteiger partial charge in [-0.05, 0) is 31.2 Å². The Morgan fingerprint density at radius 3 is 2.72 bits per heavy atom. The summed E-state index contributed by atoms with van der Waals surface area (Å²) in [6.07, 6.45) is 1.53. The largest absolute Gasteiger partial charge is 0.463 e. The fourth-order valence-electron chi connectivity index (χ4n) is 3.35.